The van der Waals surface area contributed by atoms with Crippen molar-refractivity contribution in [2.45, 2.75) is 48.8 Å². The van der Waals surface area contributed by atoms with Crippen LogP contribution < -0.4 is 10.4 Å². The van der Waals surface area contributed by atoms with Gasteiger partial charge < -0.3 is 9.97 Å². The largest absolute Gasteiger partial charge is 0.323 e. The first-order valence-corrected chi connectivity index (χ1v) is 12.2. The third-order valence-corrected chi connectivity index (χ3v) is 8.96. The number of nitrogens with one attached hydrogen (secondary N) is 3. The van der Waals surface area contributed by atoms with Crippen molar-refractivity contribution >= 4 is 26.7 Å². The molecule has 3 aromatic rings. The van der Waals surface area contributed by atoms with Crippen LogP contribution in [0.4, 0.5) is 5.69 Å². The molecule has 4 aliphatic rings. The van der Waals surface area contributed by atoms with Crippen LogP contribution in [0.3, 0.4) is 0 Å². The first-order chi connectivity index (χ1) is 14.4. The minimum absolute atomic E-state index is 0.121. The molecule has 0 atom stereocenters. The smallest absolute Gasteiger partial charge is 0.306 e. The lowest BCUT2D eigenvalue weighted by atomic mass is 9.48. The monoisotopic (exact) mass is 423 g/mol. The summed E-state index contributed by atoms with van der Waals surface area (Å²) in [7, 11) is -3.74. The quantitative estimate of drug-likeness (QED) is 0.589. The van der Waals surface area contributed by atoms with E-state index in [1.54, 1.807) is 6.07 Å². The highest BCUT2D eigenvalue weighted by atomic mass is 32.2. The summed E-state index contributed by atoms with van der Waals surface area (Å²) in [6.07, 6.45) is 8.10. The molecule has 1 aromatic heterocycles. The van der Waals surface area contributed by atoms with Gasteiger partial charge in [0.15, 0.2) is 0 Å². The second kappa shape index (κ2) is 6.23. The number of hydrogen-bond donors (Lipinski definition) is 3. The van der Waals surface area contributed by atoms with Gasteiger partial charge in [0.2, 0.25) is 0 Å². The number of imidazole rings is 1. The van der Waals surface area contributed by atoms with E-state index in [9.17, 15) is 13.2 Å². The molecule has 7 heteroatoms. The lowest BCUT2D eigenvalue weighted by Crippen LogP contribution is -2.48. The molecule has 4 saturated carbocycles. The minimum Gasteiger partial charge on any atom is -0.306 e. The highest BCUT2D eigenvalue weighted by Crippen LogP contribution is 2.60. The molecule has 1 heterocycles. The maximum Gasteiger partial charge on any atom is 0.323 e. The lowest BCUT2D eigenvalue weighted by Gasteiger charge is -2.57. The third kappa shape index (κ3) is 2.90. The average molecular weight is 424 g/mol. The van der Waals surface area contributed by atoms with Crippen LogP contribution in [-0.2, 0) is 15.4 Å². The highest BCUT2D eigenvalue weighted by Gasteiger charge is 2.51. The first-order valence-electron chi connectivity index (χ1n) is 10.7. The second-order valence-electron chi connectivity index (χ2n) is 9.67. The normalized spacial score (nSPS) is 30.1. The Morgan fingerprint density at radius 2 is 1.43 bits per heavy atom. The van der Waals surface area contributed by atoms with Crippen molar-refractivity contribution in [2.24, 2.45) is 17.8 Å². The standard InChI is InChI=1S/C23H25N3O3S/c27-22-24-20-6-5-19(10-21(20)25-22)30(28,29)26-18-3-1-17(2-4-18)23-11-14-7-15(12-23)9-16(8-14)13-23/h1-6,10,14-16,26H,7-9,11-13H2,(H2,24,25,27). The fraction of sp³-hybridized carbons (Fsp3) is 0.435. The Hall–Kier alpha value is -2.54. The zero-order chi connectivity index (χ0) is 20.5. The summed E-state index contributed by atoms with van der Waals surface area (Å²) in [5, 5.41) is 0. The fourth-order valence-corrected chi connectivity index (χ4v) is 7.83. The Bertz CT molecular complexity index is 1250. The Kier molecular flexibility index (Phi) is 3.79. The van der Waals surface area contributed by atoms with Gasteiger partial charge in [-0.2, -0.15) is 0 Å². The predicted molar refractivity (Wildman–Crippen MR) is 116 cm³/mol. The second-order valence-corrected chi connectivity index (χ2v) is 11.3. The molecule has 2 aromatic carbocycles. The van der Waals surface area contributed by atoms with Crippen LogP contribution >= 0.6 is 0 Å². The fourth-order valence-electron chi connectivity index (χ4n) is 6.75. The molecule has 0 spiro atoms. The van der Waals surface area contributed by atoms with Crippen molar-refractivity contribution in [2.75, 3.05) is 4.72 Å². The SMILES string of the molecule is O=c1[nH]c2ccc(S(=O)(=O)Nc3ccc(C45CC6CC(CC(C6)C4)C5)cc3)cc2[nH]1. The number of anilines is 1. The van der Waals surface area contributed by atoms with Crippen LogP contribution in [0.5, 0.6) is 0 Å². The van der Waals surface area contributed by atoms with Crippen molar-refractivity contribution in [1.82, 2.24) is 9.97 Å². The lowest BCUT2D eigenvalue weighted by molar-refractivity contribution is -0.00518. The van der Waals surface area contributed by atoms with E-state index in [0.29, 0.717) is 22.1 Å². The summed E-state index contributed by atoms with van der Waals surface area (Å²) in [5.74, 6) is 2.64. The molecule has 0 amide bonds. The summed E-state index contributed by atoms with van der Waals surface area (Å²) in [6, 6.07) is 12.6. The molecule has 30 heavy (non-hydrogen) atoms. The zero-order valence-electron chi connectivity index (χ0n) is 16.6. The molecule has 7 rings (SSSR count). The molecular formula is C23H25N3O3S. The van der Waals surface area contributed by atoms with Crippen molar-refractivity contribution in [3.63, 3.8) is 0 Å². The molecule has 6 nitrogen and oxygen atoms in total. The van der Waals surface area contributed by atoms with Gasteiger partial charge in [-0.05, 0) is 97.6 Å². The van der Waals surface area contributed by atoms with E-state index in [1.165, 1.54) is 56.2 Å². The summed E-state index contributed by atoms with van der Waals surface area (Å²) in [6.45, 7) is 0. The van der Waals surface area contributed by atoms with Crippen molar-refractivity contribution in [1.29, 1.82) is 0 Å². The summed E-state index contributed by atoms with van der Waals surface area (Å²) >= 11 is 0. The van der Waals surface area contributed by atoms with Crippen LogP contribution in [0.25, 0.3) is 11.0 Å². The highest BCUT2D eigenvalue weighted by molar-refractivity contribution is 7.92. The number of sulfonamides is 1. The minimum atomic E-state index is -3.74. The molecule has 0 unspecified atom stereocenters. The number of H-pyrrole nitrogens is 2. The van der Waals surface area contributed by atoms with E-state index >= 15 is 0 Å². The molecule has 4 fully saturated rings. The van der Waals surface area contributed by atoms with E-state index in [1.807, 2.05) is 12.1 Å². The van der Waals surface area contributed by atoms with Gasteiger partial charge in [0, 0.05) is 5.69 Å². The van der Waals surface area contributed by atoms with Gasteiger partial charge in [-0.25, -0.2) is 13.2 Å². The zero-order valence-corrected chi connectivity index (χ0v) is 17.5. The van der Waals surface area contributed by atoms with Crippen molar-refractivity contribution in [3.8, 4) is 0 Å². The molecule has 0 aliphatic heterocycles. The van der Waals surface area contributed by atoms with Gasteiger partial charge >= 0.3 is 5.69 Å². The Morgan fingerprint density at radius 1 is 0.833 bits per heavy atom. The van der Waals surface area contributed by atoms with E-state index < -0.39 is 10.0 Å². The summed E-state index contributed by atoms with van der Waals surface area (Å²) < 4.78 is 28.4. The van der Waals surface area contributed by atoms with Gasteiger partial charge in [-0.1, -0.05) is 12.1 Å². The molecule has 3 N–H and O–H groups in total. The summed E-state index contributed by atoms with van der Waals surface area (Å²) in [5.41, 5.74) is 2.94. The number of benzene rings is 2. The molecule has 4 aliphatic carbocycles. The van der Waals surface area contributed by atoms with Crippen molar-refractivity contribution in [3.05, 3.63) is 58.5 Å². The van der Waals surface area contributed by atoms with E-state index in [2.05, 4.69) is 26.8 Å². The number of hydrogen-bond acceptors (Lipinski definition) is 3. The van der Waals surface area contributed by atoms with Gasteiger partial charge in [-0.3, -0.25) is 4.72 Å². The van der Waals surface area contributed by atoms with Gasteiger partial charge in [0.1, 0.15) is 0 Å². The van der Waals surface area contributed by atoms with E-state index in [-0.39, 0.29) is 10.6 Å². The Morgan fingerprint density at radius 3 is 2.07 bits per heavy atom. The Balaban J connectivity index is 1.26. The number of rotatable bonds is 4. The van der Waals surface area contributed by atoms with E-state index in [4.69, 9.17) is 0 Å². The molecule has 0 radical (unpaired) electrons. The van der Waals surface area contributed by atoms with E-state index in [0.717, 1.165) is 17.8 Å². The molecule has 156 valence electrons. The maximum atomic E-state index is 12.8. The third-order valence-electron chi connectivity index (χ3n) is 7.59. The Labute approximate surface area is 175 Å². The van der Waals surface area contributed by atoms with Gasteiger partial charge in [0.25, 0.3) is 10.0 Å². The number of aromatic nitrogens is 2. The van der Waals surface area contributed by atoms with Crippen LogP contribution in [0.15, 0.2) is 52.2 Å². The van der Waals surface area contributed by atoms with Crippen LogP contribution in [0.1, 0.15) is 44.1 Å². The predicted octanol–water partition coefficient (Wildman–Crippen LogP) is 4.12. The van der Waals surface area contributed by atoms with Gasteiger partial charge in [0.05, 0.1) is 15.9 Å². The first kappa shape index (κ1) is 18.2. The van der Waals surface area contributed by atoms with Gasteiger partial charge in [-0.15, -0.1) is 0 Å². The molecular weight excluding hydrogens is 398 g/mol. The number of aromatic amines is 2. The topological polar surface area (TPSA) is 94.8 Å². The maximum absolute atomic E-state index is 12.8. The van der Waals surface area contributed by atoms with Crippen LogP contribution in [0.2, 0.25) is 0 Å². The summed E-state index contributed by atoms with van der Waals surface area (Å²) in [4.78, 5) is 16.8. The van der Waals surface area contributed by atoms with Crippen LogP contribution in [-0.4, -0.2) is 18.4 Å². The van der Waals surface area contributed by atoms with Crippen molar-refractivity contribution < 1.29 is 8.42 Å². The average Bonchev–Trinajstić information content (AvgIpc) is 3.06. The molecule has 0 saturated heterocycles. The molecule has 4 bridgehead atoms. The van der Waals surface area contributed by atoms with Crippen LogP contribution in [0, 0.1) is 17.8 Å². The number of fused-ring (bicyclic) bond motifs is 1.